The number of aliphatic hydroxyl groups excluding tert-OH is 1. The Balaban J connectivity index is -0.000000471. The second-order valence-corrected chi connectivity index (χ2v) is 8.61. The molecular formula is C20H28Br2FN4NaO6. The van der Waals surface area contributed by atoms with E-state index in [2.05, 4.69) is 31.9 Å². The molecule has 10 nitrogen and oxygen atoms in total. The van der Waals surface area contributed by atoms with Crippen molar-refractivity contribution < 1.29 is 55.1 Å². The molecule has 2 aromatic rings. The minimum absolute atomic E-state index is 0. The van der Waals surface area contributed by atoms with Crippen LogP contribution in [0.5, 0.6) is 5.75 Å². The predicted octanol–water partition coefficient (Wildman–Crippen LogP) is 1.45. The summed E-state index contributed by atoms with van der Waals surface area (Å²) in [5.74, 6) is -0.129. The molecule has 0 spiro atoms. The van der Waals surface area contributed by atoms with Gasteiger partial charge in [-0.3, -0.25) is 20.2 Å². The van der Waals surface area contributed by atoms with Crippen molar-refractivity contribution in [2.24, 2.45) is 0 Å². The molecule has 0 saturated carbocycles. The van der Waals surface area contributed by atoms with Gasteiger partial charge in [-0.25, -0.2) is 4.39 Å². The maximum absolute atomic E-state index is 12.6. The Bertz CT molecular complexity index is 916. The summed E-state index contributed by atoms with van der Waals surface area (Å²) >= 11 is 6.17. The Hall–Kier alpha value is -1.19. The van der Waals surface area contributed by atoms with Crippen LogP contribution in [-0.4, -0.2) is 79.2 Å². The van der Waals surface area contributed by atoms with Crippen LogP contribution in [0.3, 0.4) is 0 Å². The number of hydrogen-bond acceptors (Lipinski definition) is 8. The number of hydrogen-bond donors (Lipinski definition) is 1. The third-order valence-corrected chi connectivity index (χ3v) is 4.88. The Morgan fingerprint density at radius 3 is 1.79 bits per heavy atom. The van der Waals surface area contributed by atoms with E-state index in [4.69, 9.17) is 9.84 Å². The zero-order valence-electron chi connectivity index (χ0n) is 20.7. The van der Waals surface area contributed by atoms with Crippen molar-refractivity contribution in [1.29, 1.82) is 0 Å². The van der Waals surface area contributed by atoms with Crippen molar-refractivity contribution in [3.8, 4) is 5.75 Å². The van der Waals surface area contributed by atoms with E-state index in [1.165, 1.54) is 24.3 Å². The summed E-state index contributed by atoms with van der Waals surface area (Å²) in [6.07, 6.45) is 0. The minimum atomic E-state index is -0.643. The third-order valence-electron chi connectivity index (χ3n) is 3.58. The third kappa shape index (κ3) is 15.7. The molecule has 0 saturated heterocycles. The van der Waals surface area contributed by atoms with Crippen LogP contribution >= 0.6 is 31.9 Å². The van der Waals surface area contributed by atoms with Crippen molar-refractivity contribution in [1.82, 2.24) is 9.80 Å². The van der Waals surface area contributed by atoms with E-state index in [0.29, 0.717) is 12.4 Å². The van der Waals surface area contributed by atoms with Gasteiger partial charge < -0.3 is 21.1 Å². The van der Waals surface area contributed by atoms with E-state index in [1.54, 1.807) is 6.07 Å². The van der Waals surface area contributed by atoms with Gasteiger partial charge in [0, 0.05) is 25.2 Å². The monoisotopic (exact) mass is 620 g/mol. The minimum Gasteiger partial charge on any atom is -1.00 e. The topological polar surface area (TPSA) is 122 Å². The number of aliphatic hydroxyl groups is 1. The number of benzene rings is 2. The van der Waals surface area contributed by atoms with Gasteiger partial charge in [0.15, 0.2) is 0 Å². The zero-order valence-corrected chi connectivity index (χ0v) is 24.9. The van der Waals surface area contributed by atoms with Gasteiger partial charge in [0.25, 0.3) is 11.4 Å². The summed E-state index contributed by atoms with van der Waals surface area (Å²) < 4.78 is 19.0. The number of halogens is 3. The van der Waals surface area contributed by atoms with Gasteiger partial charge in [-0.1, -0.05) is 0 Å². The molecule has 1 N–H and O–H groups in total. The van der Waals surface area contributed by atoms with Crippen LogP contribution in [0.1, 0.15) is 1.43 Å². The molecule has 0 bridgehead atoms. The molecule has 0 aliphatic heterocycles. The summed E-state index contributed by atoms with van der Waals surface area (Å²) in [6.45, 7) is 2.27. The van der Waals surface area contributed by atoms with Crippen molar-refractivity contribution >= 4 is 43.2 Å². The molecule has 0 aromatic heterocycles. The molecule has 0 amide bonds. The summed E-state index contributed by atoms with van der Waals surface area (Å²) in [7, 11) is 7.73. The fourth-order valence-electron chi connectivity index (χ4n) is 1.85. The van der Waals surface area contributed by atoms with Gasteiger partial charge in [-0.05, 0) is 72.2 Å². The predicted molar refractivity (Wildman–Crippen MR) is 132 cm³/mol. The second kappa shape index (κ2) is 19.1. The van der Waals surface area contributed by atoms with E-state index < -0.39 is 15.7 Å². The molecule has 0 radical (unpaired) electrons. The number of nitrogens with zero attached hydrogens (tertiary/aromatic N) is 4. The van der Waals surface area contributed by atoms with Gasteiger partial charge in [0.05, 0.1) is 37.5 Å². The molecule has 34 heavy (non-hydrogen) atoms. The van der Waals surface area contributed by atoms with Crippen molar-refractivity contribution in [2.75, 3.05) is 54.5 Å². The average molecular weight is 622 g/mol. The maximum atomic E-state index is 12.6. The van der Waals surface area contributed by atoms with E-state index in [1.807, 2.05) is 38.0 Å². The quantitative estimate of drug-likeness (QED) is 0.267. The number of non-ortho nitro benzene ring substituents is 2. The average Bonchev–Trinajstić information content (AvgIpc) is 2.71. The molecule has 186 valence electrons. The van der Waals surface area contributed by atoms with Gasteiger partial charge in [0.2, 0.25) is 0 Å². The number of rotatable bonds is 8. The Labute approximate surface area is 238 Å². The van der Waals surface area contributed by atoms with Crippen LogP contribution in [0.4, 0.5) is 15.8 Å². The summed E-state index contributed by atoms with van der Waals surface area (Å²) in [5.41, 5.74) is -0.214. The summed E-state index contributed by atoms with van der Waals surface area (Å²) in [4.78, 5) is 23.5. The van der Waals surface area contributed by atoms with Crippen LogP contribution in [0.25, 0.3) is 0 Å². The fraction of sp³-hybridized carbons (Fsp3) is 0.400. The first-order valence-electron chi connectivity index (χ1n) is 9.45. The van der Waals surface area contributed by atoms with Crippen LogP contribution < -0.4 is 34.3 Å². The van der Waals surface area contributed by atoms with Gasteiger partial charge >= 0.3 is 29.6 Å². The SMILES string of the molecule is CN(C)CCO.CN(C)CCOc1cc([N+](=O)[O-])ccc1Br.O=[N+]([O-])c1ccc(Br)c(F)c1.[H-].[Na+]. The first-order valence-corrected chi connectivity index (χ1v) is 11.0. The number of nitro groups is 2. The Kier molecular flexibility index (Phi) is 19.6. The van der Waals surface area contributed by atoms with E-state index >= 15 is 0 Å². The van der Waals surface area contributed by atoms with Crippen LogP contribution in [-0.2, 0) is 0 Å². The molecular weight excluding hydrogens is 594 g/mol. The normalized spacial score (nSPS) is 9.82. The maximum Gasteiger partial charge on any atom is 1.00 e. The van der Waals surface area contributed by atoms with E-state index in [9.17, 15) is 24.6 Å². The summed E-state index contributed by atoms with van der Waals surface area (Å²) in [6, 6.07) is 7.86. The Morgan fingerprint density at radius 2 is 1.41 bits per heavy atom. The van der Waals surface area contributed by atoms with Crippen molar-refractivity contribution in [3.63, 3.8) is 0 Å². The molecule has 0 fully saturated rings. The first-order chi connectivity index (χ1) is 15.4. The van der Waals surface area contributed by atoms with Crippen LogP contribution in [0.2, 0.25) is 0 Å². The second-order valence-electron chi connectivity index (χ2n) is 6.91. The Morgan fingerprint density at radius 1 is 0.941 bits per heavy atom. The molecule has 0 aliphatic rings. The van der Waals surface area contributed by atoms with Gasteiger partial charge in [-0.2, -0.15) is 0 Å². The zero-order chi connectivity index (χ0) is 25.6. The van der Waals surface area contributed by atoms with Crippen molar-refractivity contribution in [3.05, 3.63) is 71.4 Å². The largest absolute Gasteiger partial charge is 1.00 e. The van der Waals surface area contributed by atoms with Gasteiger partial charge in [0.1, 0.15) is 18.2 Å². The standard InChI is InChI=1S/C10H13BrN2O3.C6H3BrFNO2.C4H11NO.Na.H/c1-12(2)5-6-16-10-7-8(13(14)15)3-4-9(10)11;7-5-2-1-4(9(10)11)3-6(5)8;1-5(2)3-4-6;;/h3-4,7H,5-6H2,1-2H3;1-3H;6H,3-4H2,1-2H3;;/q;;;+1;-1. The number of ether oxygens (including phenoxy) is 1. The smallest absolute Gasteiger partial charge is 1.00 e. The molecule has 0 atom stereocenters. The number of likely N-dealkylation sites (N-methyl/N-ethyl adjacent to an activating group) is 2. The van der Waals surface area contributed by atoms with E-state index in [-0.39, 0.29) is 53.4 Å². The molecule has 0 heterocycles. The van der Waals surface area contributed by atoms with E-state index in [0.717, 1.165) is 23.6 Å². The van der Waals surface area contributed by atoms with Crippen LogP contribution in [0.15, 0.2) is 45.3 Å². The molecule has 2 rings (SSSR count). The van der Waals surface area contributed by atoms with Gasteiger partial charge in [-0.15, -0.1) is 0 Å². The molecule has 0 aliphatic carbocycles. The number of nitro benzene ring substituents is 2. The van der Waals surface area contributed by atoms with Crippen molar-refractivity contribution in [2.45, 2.75) is 0 Å². The fourth-order valence-corrected chi connectivity index (χ4v) is 2.46. The molecule has 2 aromatic carbocycles. The first kappa shape index (κ1) is 35.0. The van der Waals surface area contributed by atoms with Crippen LogP contribution in [0, 0.1) is 26.0 Å². The molecule has 14 heteroatoms. The summed E-state index contributed by atoms with van der Waals surface area (Å²) in [5, 5.41) is 28.9. The molecule has 0 unspecified atom stereocenters.